The van der Waals surface area contributed by atoms with Gasteiger partial charge in [-0.2, -0.15) is 0 Å². The first-order valence-corrected chi connectivity index (χ1v) is 9.19. The van der Waals surface area contributed by atoms with Crippen LogP contribution in [0.4, 0.5) is 0 Å². The first-order valence-electron chi connectivity index (χ1n) is 9.19. The van der Waals surface area contributed by atoms with E-state index in [0.717, 1.165) is 36.4 Å². The standard InChI is InChI=1S/C20H25N3O2/c1-13-9-15-11-18(25-17(15)10-14(13)2)20(24)21-7-6-16-12-23-8-4-3-5-19(23)22-16/h9-10,12,18H,3-8,11H2,1-2H3,(H,21,24). The second-order valence-corrected chi connectivity index (χ2v) is 7.19. The lowest BCUT2D eigenvalue weighted by Gasteiger charge is -2.11. The third kappa shape index (κ3) is 3.28. The predicted molar refractivity (Wildman–Crippen MR) is 95.9 cm³/mol. The van der Waals surface area contributed by atoms with Crippen LogP contribution < -0.4 is 10.1 Å². The molecule has 5 nitrogen and oxygen atoms in total. The molecule has 5 heteroatoms. The van der Waals surface area contributed by atoms with E-state index in [1.807, 2.05) is 6.07 Å². The molecule has 0 saturated heterocycles. The number of aromatic nitrogens is 2. The van der Waals surface area contributed by atoms with Crippen molar-refractivity contribution in [3.63, 3.8) is 0 Å². The largest absolute Gasteiger partial charge is 0.480 e. The predicted octanol–water partition coefficient (Wildman–Crippen LogP) is 2.50. The smallest absolute Gasteiger partial charge is 0.261 e. The highest BCUT2D eigenvalue weighted by Gasteiger charge is 2.29. The van der Waals surface area contributed by atoms with Gasteiger partial charge in [0.1, 0.15) is 11.6 Å². The maximum absolute atomic E-state index is 12.4. The highest BCUT2D eigenvalue weighted by Crippen LogP contribution is 2.31. The third-order valence-electron chi connectivity index (χ3n) is 5.28. The summed E-state index contributed by atoms with van der Waals surface area (Å²) in [4.78, 5) is 17.1. The van der Waals surface area contributed by atoms with Crippen molar-refractivity contribution in [1.82, 2.24) is 14.9 Å². The van der Waals surface area contributed by atoms with E-state index in [0.29, 0.717) is 13.0 Å². The Morgan fingerprint density at radius 3 is 3.00 bits per heavy atom. The molecule has 1 unspecified atom stereocenters. The van der Waals surface area contributed by atoms with E-state index in [2.05, 4.69) is 41.0 Å². The van der Waals surface area contributed by atoms with Crippen molar-refractivity contribution >= 4 is 5.91 Å². The van der Waals surface area contributed by atoms with Crippen LogP contribution in [0.3, 0.4) is 0 Å². The SMILES string of the molecule is Cc1cc2c(cc1C)OC(C(=O)NCCc1cn3c(n1)CCCC3)C2. The summed E-state index contributed by atoms with van der Waals surface area (Å²) in [6.45, 7) is 5.83. The van der Waals surface area contributed by atoms with E-state index in [1.165, 1.54) is 29.8 Å². The maximum atomic E-state index is 12.4. The molecule has 1 amide bonds. The molecule has 0 saturated carbocycles. The Hall–Kier alpha value is -2.30. The molecule has 2 aromatic rings. The number of amides is 1. The Balaban J connectivity index is 1.30. The highest BCUT2D eigenvalue weighted by molar-refractivity contribution is 5.82. The summed E-state index contributed by atoms with van der Waals surface area (Å²) in [7, 11) is 0. The van der Waals surface area contributed by atoms with Gasteiger partial charge in [0.2, 0.25) is 0 Å². The van der Waals surface area contributed by atoms with E-state index >= 15 is 0 Å². The van der Waals surface area contributed by atoms with E-state index < -0.39 is 6.10 Å². The zero-order valence-corrected chi connectivity index (χ0v) is 15.0. The van der Waals surface area contributed by atoms with E-state index in [9.17, 15) is 4.79 Å². The number of ether oxygens (including phenoxy) is 1. The van der Waals surface area contributed by atoms with Crippen molar-refractivity contribution in [2.24, 2.45) is 0 Å². The van der Waals surface area contributed by atoms with Gasteiger partial charge in [-0.15, -0.1) is 0 Å². The minimum Gasteiger partial charge on any atom is -0.480 e. The molecule has 25 heavy (non-hydrogen) atoms. The van der Waals surface area contributed by atoms with Gasteiger partial charge in [0, 0.05) is 38.5 Å². The van der Waals surface area contributed by atoms with Crippen molar-refractivity contribution in [3.05, 3.63) is 46.5 Å². The van der Waals surface area contributed by atoms with Crippen molar-refractivity contribution < 1.29 is 9.53 Å². The molecule has 4 rings (SSSR count). The molecule has 1 atom stereocenters. The maximum Gasteiger partial charge on any atom is 0.261 e. The van der Waals surface area contributed by atoms with E-state index in [4.69, 9.17) is 4.74 Å². The van der Waals surface area contributed by atoms with Crippen LogP contribution in [0.25, 0.3) is 0 Å². The minimum absolute atomic E-state index is 0.0320. The molecule has 2 aliphatic rings. The fraction of sp³-hybridized carbons (Fsp3) is 0.500. The number of hydrogen-bond donors (Lipinski definition) is 1. The monoisotopic (exact) mass is 339 g/mol. The number of imidazole rings is 1. The van der Waals surface area contributed by atoms with Crippen molar-refractivity contribution in [3.8, 4) is 5.75 Å². The Morgan fingerprint density at radius 2 is 2.16 bits per heavy atom. The van der Waals surface area contributed by atoms with Gasteiger partial charge in [0.05, 0.1) is 5.69 Å². The van der Waals surface area contributed by atoms with E-state index in [-0.39, 0.29) is 5.91 Å². The van der Waals surface area contributed by atoms with Crippen LogP contribution >= 0.6 is 0 Å². The molecule has 0 bridgehead atoms. The molecule has 132 valence electrons. The molecule has 0 radical (unpaired) electrons. The normalized spacial score (nSPS) is 18.4. The Morgan fingerprint density at radius 1 is 1.32 bits per heavy atom. The second-order valence-electron chi connectivity index (χ2n) is 7.19. The molecule has 1 N–H and O–H groups in total. The summed E-state index contributed by atoms with van der Waals surface area (Å²) < 4.78 is 8.09. The number of carbonyl (C=O) groups excluding carboxylic acids is 1. The minimum atomic E-state index is -0.411. The van der Waals surface area contributed by atoms with Crippen molar-refractivity contribution in [2.45, 2.75) is 58.6 Å². The highest BCUT2D eigenvalue weighted by atomic mass is 16.5. The lowest BCUT2D eigenvalue weighted by molar-refractivity contribution is -0.127. The molecule has 0 fully saturated rings. The number of nitrogens with zero attached hydrogens (tertiary/aromatic N) is 2. The second kappa shape index (κ2) is 6.54. The van der Waals surface area contributed by atoms with Gasteiger partial charge in [-0.1, -0.05) is 6.07 Å². The number of hydrogen-bond acceptors (Lipinski definition) is 3. The Kier molecular flexibility index (Phi) is 4.24. The van der Waals surface area contributed by atoms with Crippen molar-refractivity contribution in [2.75, 3.05) is 6.54 Å². The summed E-state index contributed by atoms with van der Waals surface area (Å²) in [5, 5.41) is 3.00. The fourth-order valence-electron chi connectivity index (χ4n) is 3.68. The van der Waals surface area contributed by atoms with Crippen LogP contribution in [0.5, 0.6) is 5.75 Å². The number of rotatable bonds is 4. The van der Waals surface area contributed by atoms with Crippen LogP contribution in [0.1, 0.15) is 41.1 Å². The fourth-order valence-corrected chi connectivity index (χ4v) is 3.68. The van der Waals surface area contributed by atoms with Crippen LogP contribution in [0.2, 0.25) is 0 Å². The average Bonchev–Trinajstić information content (AvgIpc) is 3.18. The third-order valence-corrected chi connectivity index (χ3v) is 5.28. The van der Waals surface area contributed by atoms with Gasteiger partial charge in [-0.25, -0.2) is 4.98 Å². The van der Waals surface area contributed by atoms with Gasteiger partial charge >= 0.3 is 0 Å². The van der Waals surface area contributed by atoms with Gasteiger partial charge in [-0.05, 0) is 49.4 Å². The number of carbonyl (C=O) groups is 1. The summed E-state index contributed by atoms with van der Waals surface area (Å²) >= 11 is 0. The zero-order valence-electron chi connectivity index (χ0n) is 15.0. The lowest BCUT2D eigenvalue weighted by Crippen LogP contribution is -2.38. The molecular weight excluding hydrogens is 314 g/mol. The molecule has 1 aromatic carbocycles. The van der Waals surface area contributed by atoms with Crippen LogP contribution in [-0.2, 0) is 30.6 Å². The van der Waals surface area contributed by atoms with Crippen LogP contribution in [0.15, 0.2) is 18.3 Å². The summed E-state index contributed by atoms with van der Waals surface area (Å²) in [5.74, 6) is 2.01. The number of fused-ring (bicyclic) bond motifs is 2. The molecule has 0 spiro atoms. The Labute approximate surface area is 148 Å². The molecule has 1 aromatic heterocycles. The molecule has 2 aliphatic heterocycles. The number of nitrogens with one attached hydrogen (secondary N) is 1. The summed E-state index contributed by atoms with van der Waals surface area (Å²) in [5.41, 5.74) is 4.64. The Bertz CT molecular complexity index is 755. The molecule has 0 aliphatic carbocycles. The number of aryl methyl sites for hydroxylation is 4. The molecular formula is C20H25N3O2. The quantitative estimate of drug-likeness (QED) is 0.931. The lowest BCUT2D eigenvalue weighted by atomic mass is 10.0. The first-order chi connectivity index (χ1) is 12.1. The average molecular weight is 339 g/mol. The first kappa shape index (κ1) is 16.2. The van der Waals surface area contributed by atoms with E-state index in [1.54, 1.807) is 0 Å². The number of benzene rings is 1. The van der Waals surface area contributed by atoms with Gasteiger partial charge in [0.15, 0.2) is 6.10 Å². The van der Waals surface area contributed by atoms with Crippen LogP contribution in [-0.4, -0.2) is 28.1 Å². The summed E-state index contributed by atoms with van der Waals surface area (Å²) in [6.07, 6.45) is 6.67. The van der Waals surface area contributed by atoms with Crippen molar-refractivity contribution in [1.29, 1.82) is 0 Å². The topological polar surface area (TPSA) is 56.1 Å². The van der Waals surface area contributed by atoms with Gasteiger partial charge < -0.3 is 14.6 Å². The van der Waals surface area contributed by atoms with Crippen LogP contribution in [0, 0.1) is 13.8 Å². The van der Waals surface area contributed by atoms with Gasteiger partial charge in [-0.3, -0.25) is 4.79 Å². The summed E-state index contributed by atoms with van der Waals surface area (Å²) in [6, 6.07) is 4.17. The molecule has 3 heterocycles. The van der Waals surface area contributed by atoms with Gasteiger partial charge in [0.25, 0.3) is 5.91 Å². The zero-order chi connectivity index (χ0) is 17.4.